The molecule has 0 aliphatic carbocycles. The van der Waals surface area contributed by atoms with Crippen molar-refractivity contribution in [3.8, 4) is 0 Å². The number of hydrogen-bond acceptors (Lipinski definition) is 1. The molecule has 0 radical (unpaired) electrons. The monoisotopic (exact) mass is 326 g/mol. The normalized spacial score (nSPS) is 10.4. The molecular weight excluding hydrogens is 319 g/mol. The summed E-state index contributed by atoms with van der Waals surface area (Å²) in [5, 5.41) is 0.0621. The van der Waals surface area contributed by atoms with Gasteiger partial charge in [0.25, 0.3) is 0 Å². The van der Waals surface area contributed by atoms with Crippen LogP contribution < -0.4 is 0 Å². The third-order valence-corrected chi connectivity index (χ3v) is 3.52. The summed E-state index contributed by atoms with van der Waals surface area (Å²) in [7, 11) is 0. The summed E-state index contributed by atoms with van der Waals surface area (Å²) < 4.78 is 14.0. The van der Waals surface area contributed by atoms with Crippen molar-refractivity contribution in [3.05, 3.63) is 68.9 Å². The van der Waals surface area contributed by atoms with Crippen LogP contribution in [0.4, 0.5) is 4.39 Å². The van der Waals surface area contributed by atoms with E-state index in [0.29, 0.717) is 11.1 Å². The third-order valence-electron chi connectivity index (χ3n) is 2.52. The third kappa shape index (κ3) is 2.98. The van der Waals surface area contributed by atoms with Crippen molar-refractivity contribution >= 4 is 33.3 Å². The van der Waals surface area contributed by atoms with Crippen molar-refractivity contribution in [3.63, 3.8) is 0 Å². The highest BCUT2D eigenvalue weighted by molar-refractivity contribution is 9.10. The van der Waals surface area contributed by atoms with Gasteiger partial charge in [0.2, 0.25) is 0 Å². The number of Topliss-reactive ketones (excluding diaryl/α,β-unsaturated/α-hetero) is 1. The average molecular weight is 328 g/mol. The molecule has 2 aromatic rings. The quantitative estimate of drug-likeness (QED) is 0.749. The van der Waals surface area contributed by atoms with Crippen molar-refractivity contribution in [2.24, 2.45) is 0 Å². The van der Waals surface area contributed by atoms with Gasteiger partial charge >= 0.3 is 0 Å². The van der Waals surface area contributed by atoms with E-state index in [9.17, 15) is 9.18 Å². The number of halogens is 3. The van der Waals surface area contributed by atoms with Crippen molar-refractivity contribution in [2.45, 2.75) is 6.42 Å². The lowest BCUT2D eigenvalue weighted by Crippen LogP contribution is -2.04. The van der Waals surface area contributed by atoms with Gasteiger partial charge in [-0.3, -0.25) is 4.79 Å². The minimum atomic E-state index is -0.505. The number of hydrogen-bond donors (Lipinski definition) is 0. The first-order valence-electron chi connectivity index (χ1n) is 5.29. The van der Waals surface area contributed by atoms with Crippen molar-refractivity contribution < 1.29 is 9.18 Å². The largest absolute Gasteiger partial charge is 0.294 e. The minimum absolute atomic E-state index is 0.0621. The maximum Gasteiger partial charge on any atom is 0.168 e. The molecule has 92 valence electrons. The molecule has 0 saturated heterocycles. The number of carbonyl (C=O) groups is 1. The Balaban J connectivity index is 2.22. The molecule has 1 nitrogen and oxygen atoms in total. The van der Waals surface area contributed by atoms with E-state index in [2.05, 4.69) is 15.9 Å². The molecule has 0 saturated carbocycles. The second kappa shape index (κ2) is 5.63. The van der Waals surface area contributed by atoms with Gasteiger partial charge in [0.05, 0.1) is 5.02 Å². The number of carbonyl (C=O) groups excluding carboxylic acids is 1. The van der Waals surface area contributed by atoms with Crippen LogP contribution in [0, 0.1) is 5.82 Å². The predicted octanol–water partition coefficient (Wildman–Crippen LogP) is 4.67. The Bertz CT molecular complexity index is 598. The highest BCUT2D eigenvalue weighted by Gasteiger charge is 2.11. The summed E-state index contributed by atoms with van der Waals surface area (Å²) in [6.45, 7) is 0. The van der Waals surface area contributed by atoms with Gasteiger partial charge in [0.1, 0.15) is 5.82 Å². The van der Waals surface area contributed by atoms with Crippen molar-refractivity contribution in [1.82, 2.24) is 0 Å². The molecule has 0 aliphatic rings. The molecule has 0 atom stereocenters. The van der Waals surface area contributed by atoms with Crippen LogP contribution in [0.2, 0.25) is 5.02 Å². The zero-order chi connectivity index (χ0) is 13.1. The fourth-order valence-corrected chi connectivity index (χ4v) is 2.24. The molecule has 2 aromatic carbocycles. The molecule has 0 bridgehead atoms. The summed E-state index contributed by atoms with van der Waals surface area (Å²) >= 11 is 8.91. The molecule has 0 aliphatic heterocycles. The van der Waals surface area contributed by atoms with E-state index in [1.165, 1.54) is 12.1 Å². The minimum Gasteiger partial charge on any atom is -0.294 e. The Hall–Kier alpha value is -1.19. The first-order valence-corrected chi connectivity index (χ1v) is 6.46. The van der Waals surface area contributed by atoms with Crippen LogP contribution in [-0.2, 0) is 6.42 Å². The molecule has 0 amide bonds. The summed E-state index contributed by atoms with van der Waals surface area (Å²) in [6.07, 6.45) is 0.150. The fourth-order valence-electron chi connectivity index (χ4n) is 1.62. The standard InChI is InChI=1S/C14H9BrClFO/c15-11-4-2-1-3-10(11)14(18)8-9-5-6-12(16)13(17)7-9/h1-7H,8H2. The van der Waals surface area contributed by atoms with Crippen molar-refractivity contribution in [1.29, 1.82) is 0 Å². The van der Waals surface area contributed by atoms with E-state index in [1.54, 1.807) is 24.3 Å². The highest BCUT2D eigenvalue weighted by Crippen LogP contribution is 2.20. The molecule has 0 heterocycles. The van der Waals surface area contributed by atoms with Gasteiger partial charge in [-0.1, -0.05) is 51.8 Å². The molecule has 0 unspecified atom stereocenters. The van der Waals surface area contributed by atoms with Crippen molar-refractivity contribution in [2.75, 3.05) is 0 Å². The lowest BCUT2D eigenvalue weighted by Gasteiger charge is -2.04. The summed E-state index contributed by atoms with van der Waals surface area (Å²) in [5.41, 5.74) is 1.20. The molecular formula is C14H9BrClFO. The Kier molecular flexibility index (Phi) is 4.15. The van der Waals surface area contributed by atoms with E-state index < -0.39 is 5.82 Å². The molecule has 18 heavy (non-hydrogen) atoms. The topological polar surface area (TPSA) is 17.1 Å². The maximum absolute atomic E-state index is 13.3. The number of benzene rings is 2. The first-order chi connectivity index (χ1) is 8.58. The second-order valence-electron chi connectivity index (χ2n) is 3.83. The van der Waals surface area contributed by atoms with E-state index >= 15 is 0 Å². The molecule has 0 aromatic heterocycles. The van der Waals surface area contributed by atoms with Crippen LogP contribution in [-0.4, -0.2) is 5.78 Å². The molecule has 2 rings (SSSR count). The Morgan fingerprint density at radius 3 is 2.61 bits per heavy atom. The zero-order valence-electron chi connectivity index (χ0n) is 9.29. The van der Waals surface area contributed by atoms with Gasteiger partial charge in [-0.05, 0) is 23.8 Å². The van der Waals surface area contributed by atoms with Crippen LogP contribution in [0.15, 0.2) is 46.9 Å². The van der Waals surface area contributed by atoms with Crippen LogP contribution >= 0.6 is 27.5 Å². The average Bonchev–Trinajstić information content (AvgIpc) is 2.34. The first kappa shape index (κ1) is 13.2. The highest BCUT2D eigenvalue weighted by atomic mass is 79.9. The van der Waals surface area contributed by atoms with E-state index in [1.807, 2.05) is 6.07 Å². The van der Waals surface area contributed by atoms with Gasteiger partial charge in [-0.2, -0.15) is 0 Å². The maximum atomic E-state index is 13.3. The lowest BCUT2D eigenvalue weighted by atomic mass is 10.0. The SMILES string of the molecule is O=C(Cc1ccc(Cl)c(F)c1)c1ccccc1Br. The molecule has 0 N–H and O–H groups in total. The predicted molar refractivity (Wildman–Crippen MR) is 73.6 cm³/mol. The second-order valence-corrected chi connectivity index (χ2v) is 5.09. The smallest absolute Gasteiger partial charge is 0.168 e. The van der Waals surface area contributed by atoms with Gasteiger partial charge in [0.15, 0.2) is 5.78 Å². The summed E-state index contributed by atoms with van der Waals surface area (Å²) in [6, 6.07) is 11.6. The van der Waals surface area contributed by atoms with Crippen LogP contribution in [0.3, 0.4) is 0 Å². The molecule has 4 heteroatoms. The van der Waals surface area contributed by atoms with Gasteiger partial charge in [-0.25, -0.2) is 4.39 Å². The van der Waals surface area contributed by atoms with Crippen LogP contribution in [0.25, 0.3) is 0 Å². The van der Waals surface area contributed by atoms with Gasteiger partial charge in [0, 0.05) is 16.5 Å². The van der Waals surface area contributed by atoms with E-state index in [-0.39, 0.29) is 17.2 Å². The van der Waals surface area contributed by atoms with E-state index in [4.69, 9.17) is 11.6 Å². The van der Waals surface area contributed by atoms with E-state index in [0.717, 1.165) is 4.47 Å². The summed E-state index contributed by atoms with van der Waals surface area (Å²) in [5.74, 6) is -0.571. The Morgan fingerprint density at radius 1 is 1.22 bits per heavy atom. The van der Waals surface area contributed by atoms with Crippen LogP contribution in [0.1, 0.15) is 15.9 Å². The number of rotatable bonds is 3. The van der Waals surface area contributed by atoms with Gasteiger partial charge in [-0.15, -0.1) is 0 Å². The Morgan fingerprint density at radius 2 is 1.94 bits per heavy atom. The van der Waals surface area contributed by atoms with Gasteiger partial charge < -0.3 is 0 Å². The fraction of sp³-hybridized carbons (Fsp3) is 0.0714. The zero-order valence-corrected chi connectivity index (χ0v) is 11.6. The lowest BCUT2D eigenvalue weighted by molar-refractivity contribution is 0.0992. The Labute approximate surface area is 118 Å². The summed E-state index contributed by atoms with van der Waals surface area (Å²) in [4.78, 5) is 12.0. The molecule has 0 fully saturated rings. The number of ketones is 1. The van der Waals surface area contributed by atoms with Crippen LogP contribution in [0.5, 0.6) is 0 Å². The molecule has 0 spiro atoms.